The molecule has 0 N–H and O–H groups in total. The van der Waals surface area contributed by atoms with Gasteiger partial charge in [-0.1, -0.05) is 124 Å². The molecule has 2 heteroatoms. The van der Waals surface area contributed by atoms with Crippen molar-refractivity contribution in [1.29, 1.82) is 0 Å². The summed E-state index contributed by atoms with van der Waals surface area (Å²) in [6.45, 7) is 14.3. The minimum Gasteiger partial charge on any atom is -0.461 e. The highest BCUT2D eigenvalue weighted by Gasteiger charge is 2.11. The van der Waals surface area contributed by atoms with Crippen molar-refractivity contribution in [3.05, 3.63) is 11.6 Å². The Morgan fingerprint density at radius 3 is 1.76 bits per heavy atom. The summed E-state index contributed by atoms with van der Waals surface area (Å²) in [6.07, 6.45) is 25.0. The van der Waals surface area contributed by atoms with Gasteiger partial charge in [0.15, 0.2) is 0 Å². The lowest BCUT2D eigenvalue weighted by atomic mass is 9.86. The number of ether oxygens (including phenoxy) is 1. The van der Waals surface area contributed by atoms with Crippen molar-refractivity contribution in [1.82, 2.24) is 0 Å². The zero-order chi connectivity index (χ0) is 24.7. The van der Waals surface area contributed by atoms with Crippen LogP contribution in [-0.4, -0.2) is 12.6 Å². The summed E-state index contributed by atoms with van der Waals surface area (Å²) in [6, 6.07) is 0. The van der Waals surface area contributed by atoms with Crippen LogP contribution in [0.2, 0.25) is 0 Å². The molecule has 196 valence electrons. The summed E-state index contributed by atoms with van der Waals surface area (Å²) < 4.78 is 5.41. The Bertz CT molecular complexity index is 466. The van der Waals surface area contributed by atoms with Crippen molar-refractivity contribution >= 4 is 5.97 Å². The van der Waals surface area contributed by atoms with Gasteiger partial charge >= 0.3 is 5.97 Å². The molecule has 0 radical (unpaired) electrons. The van der Waals surface area contributed by atoms with Crippen LogP contribution in [0.3, 0.4) is 0 Å². The number of carbonyl (C=O) groups excluding carboxylic acids is 1. The number of unbranched alkanes of at least 4 members (excludes halogenated alkanes) is 12. The molecule has 0 amide bonds. The highest BCUT2D eigenvalue weighted by atomic mass is 16.5. The van der Waals surface area contributed by atoms with Crippen molar-refractivity contribution in [2.24, 2.45) is 17.8 Å². The number of carbonyl (C=O) groups is 1. The van der Waals surface area contributed by atoms with Crippen LogP contribution in [0.15, 0.2) is 11.6 Å². The second-order valence-corrected chi connectivity index (χ2v) is 11.2. The first-order valence-electron chi connectivity index (χ1n) is 14.7. The van der Waals surface area contributed by atoms with Gasteiger partial charge in [-0.05, 0) is 56.4 Å². The molecule has 0 aliphatic rings. The first kappa shape index (κ1) is 32.2. The summed E-state index contributed by atoms with van der Waals surface area (Å²) in [7, 11) is 0. The lowest BCUT2D eigenvalue weighted by molar-refractivity contribution is -0.142. The van der Waals surface area contributed by atoms with Crippen LogP contribution in [0.5, 0.6) is 0 Å². The van der Waals surface area contributed by atoms with Crippen molar-refractivity contribution in [2.75, 3.05) is 6.61 Å². The third-order valence-corrected chi connectivity index (χ3v) is 7.34. The van der Waals surface area contributed by atoms with E-state index in [0.29, 0.717) is 13.0 Å². The van der Waals surface area contributed by atoms with Crippen LogP contribution in [-0.2, 0) is 9.53 Å². The molecular formula is C31H60O2. The number of hydrogen-bond acceptors (Lipinski definition) is 2. The summed E-state index contributed by atoms with van der Waals surface area (Å²) in [5, 5.41) is 0. The largest absolute Gasteiger partial charge is 0.461 e. The summed E-state index contributed by atoms with van der Waals surface area (Å²) in [5.74, 6) is 2.36. The number of esters is 1. The Morgan fingerprint density at radius 1 is 0.727 bits per heavy atom. The molecule has 0 aromatic carbocycles. The van der Waals surface area contributed by atoms with Gasteiger partial charge < -0.3 is 4.74 Å². The van der Waals surface area contributed by atoms with E-state index in [1.165, 1.54) is 95.5 Å². The minimum absolute atomic E-state index is 0.0292. The van der Waals surface area contributed by atoms with Gasteiger partial charge in [-0.2, -0.15) is 0 Å². The fourth-order valence-corrected chi connectivity index (χ4v) is 4.49. The van der Waals surface area contributed by atoms with Gasteiger partial charge in [-0.25, -0.2) is 0 Å². The topological polar surface area (TPSA) is 26.3 Å². The Balaban J connectivity index is 3.52. The maximum Gasteiger partial charge on any atom is 0.306 e. The van der Waals surface area contributed by atoms with E-state index >= 15 is 0 Å². The highest BCUT2D eigenvalue weighted by Crippen LogP contribution is 2.23. The highest BCUT2D eigenvalue weighted by molar-refractivity contribution is 5.69. The third-order valence-electron chi connectivity index (χ3n) is 7.34. The number of hydrogen-bond donors (Lipinski definition) is 0. The molecule has 0 aromatic heterocycles. The average molecular weight is 465 g/mol. The molecule has 2 nitrogen and oxygen atoms in total. The van der Waals surface area contributed by atoms with Crippen molar-refractivity contribution in [3.63, 3.8) is 0 Å². The molecule has 0 fully saturated rings. The molecule has 0 rings (SSSR count). The van der Waals surface area contributed by atoms with Crippen LogP contribution >= 0.6 is 0 Å². The molecule has 2 unspecified atom stereocenters. The molecular weight excluding hydrogens is 404 g/mol. The smallest absolute Gasteiger partial charge is 0.306 e. The summed E-state index contributed by atoms with van der Waals surface area (Å²) in [4.78, 5) is 11.9. The maximum atomic E-state index is 11.9. The Morgan fingerprint density at radius 2 is 1.24 bits per heavy atom. The number of allylic oxidation sites excluding steroid dienone is 1. The van der Waals surface area contributed by atoms with Gasteiger partial charge in [0.1, 0.15) is 6.61 Å². The summed E-state index contributed by atoms with van der Waals surface area (Å²) >= 11 is 0. The number of rotatable bonds is 23. The van der Waals surface area contributed by atoms with E-state index in [1.54, 1.807) is 0 Å². The van der Waals surface area contributed by atoms with Crippen molar-refractivity contribution < 1.29 is 9.53 Å². The van der Waals surface area contributed by atoms with E-state index in [1.807, 2.05) is 0 Å². The summed E-state index contributed by atoms with van der Waals surface area (Å²) in [5.41, 5.74) is 1.35. The predicted molar refractivity (Wildman–Crippen MR) is 147 cm³/mol. The molecule has 0 aromatic rings. The van der Waals surface area contributed by atoms with Crippen molar-refractivity contribution in [2.45, 2.75) is 157 Å². The monoisotopic (exact) mass is 464 g/mol. The van der Waals surface area contributed by atoms with E-state index < -0.39 is 0 Å². The Hall–Kier alpha value is -0.790. The SMILES string of the molecule is CCCCCCCCCCCCCCCC(=O)OC/C=C(\C)CCCC(C)CC(C)C(C)C. The molecule has 0 aliphatic carbocycles. The molecule has 33 heavy (non-hydrogen) atoms. The first-order chi connectivity index (χ1) is 15.9. The lowest BCUT2D eigenvalue weighted by Crippen LogP contribution is -2.09. The molecule has 0 saturated heterocycles. The fourth-order valence-electron chi connectivity index (χ4n) is 4.49. The molecule has 0 spiro atoms. The van der Waals surface area contributed by atoms with E-state index in [-0.39, 0.29) is 5.97 Å². The van der Waals surface area contributed by atoms with Gasteiger partial charge in [-0.3, -0.25) is 4.79 Å². The van der Waals surface area contributed by atoms with Gasteiger partial charge in [0.05, 0.1) is 0 Å². The molecule has 0 heterocycles. The molecule has 0 saturated carbocycles. The molecule has 2 atom stereocenters. The lowest BCUT2D eigenvalue weighted by Gasteiger charge is -2.20. The first-order valence-corrected chi connectivity index (χ1v) is 14.7. The molecule has 0 bridgehead atoms. The Kier molecular flexibility index (Phi) is 22.4. The second kappa shape index (κ2) is 23.0. The van der Waals surface area contributed by atoms with Crippen molar-refractivity contribution in [3.8, 4) is 0 Å². The van der Waals surface area contributed by atoms with E-state index in [9.17, 15) is 4.79 Å². The van der Waals surface area contributed by atoms with Gasteiger partial charge in [-0.15, -0.1) is 0 Å². The van der Waals surface area contributed by atoms with Crippen LogP contribution in [0.4, 0.5) is 0 Å². The normalized spacial score (nSPS) is 14.0. The van der Waals surface area contributed by atoms with Gasteiger partial charge in [0.2, 0.25) is 0 Å². The standard InChI is InChI=1S/C31H60O2/c1-7-8-9-10-11-12-13-14-15-16-17-18-19-23-31(32)33-25-24-28(4)21-20-22-29(5)26-30(6)27(2)3/h24,27,29-30H,7-23,25-26H2,1-6H3/b28-24+. The zero-order valence-electron chi connectivity index (χ0n) is 23.6. The van der Waals surface area contributed by atoms with Gasteiger partial charge in [0, 0.05) is 6.42 Å². The fraction of sp³-hybridized carbons (Fsp3) is 0.903. The third kappa shape index (κ3) is 22.8. The zero-order valence-corrected chi connectivity index (χ0v) is 23.6. The van der Waals surface area contributed by atoms with Gasteiger partial charge in [0.25, 0.3) is 0 Å². The minimum atomic E-state index is -0.0292. The predicted octanol–water partition coefficient (Wildman–Crippen LogP) is 10.4. The van der Waals surface area contributed by atoms with E-state index in [2.05, 4.69) is 47.6 Å². The Labute approximate surface area is 208 Å². The van der Waals surface area contributed by atoms with Crippen LogP contribution in [0.25, 0.3) is 0 Å². The quantitative estimate of drug-likeness (QED) is 0.0853. The van der Waals surface area contributed by atoms with Crippen LogP contribution in [0, 0.1) is 17.8 Å². The van der Waals surface area contributed by atoms with E-state index in [4.69, 9.17) is 4.74 Å². The van der Waals surface area contributed by atoms with Crippen LogP contribution in [0.1, 0.15) is 157 Å². The second-order valence-electron chi connectivity index (χ2n) is 11.2. The maximum absolute atomic E-state index is 11.9. The molecule has 0 aliphatic heterocycles. The average Bonchev–Trinajstić information content (AvgIpc) is 2.76. The van der Waals surface area contributed by atoms with Crippen LogP contribution < -0.4 is 0 Å². The van der Waals surface area contributed by atoms with E-state index in [0.717, 1.165) is 37.0 Å².